The molecule has 3 nitrogen and oxygen atoms in total. The second-order valence-corrected chi connectivity index (χ2v) is 5.18. The molecular formula is C7H4ClF3O3S. The summed E-state index contributed by atoms with van der Waals surface area (Å²) in [6.07, 6.45) is -4.74. The van der Waals surface area contributed by atoms with E-state index in [0.29, 0.717) is 18.2 Å². The molecule has 1 aromatic rings. The van der Waals surface area contributed by atoms with Crippen LogP contribution in [0.5, 0.6) is 5.75 Å². The second kappa shape index (κ2) is 3.57. The van der Waals surface area contributed by atoms with Crippen LogP contribution in [0.1, 0.15) is 5.56 Å². The molecule has 0 atom stereocenters. The van der Waals surface area contributed by atoms with Gasteiger partial charge < -0.3 is 5.11 Å². The van der Waals surface area contributed by atoms with Gasteiger partial charge in [-0.3, -0.25) is 0 Å². The highest BCUT2D eigenvalue weighted by atomic mass is 35.7. The molecule has 0 amide bonds. The fourth-order valence-corrected chi connectivity index (χ4v) is 1.67. The number of phenolic OH excluding ortho intramolecular Hbond substituents is 1. The molecule has 0 fully saturated rings. The standard InChI is InChI=1S/C7H4ClF3O3S/c8-15(13,14)4-1-2-5(6(12)3-4)7(9,10)11/h1-3,12H. The molecule has 0 bridgehead atoms. The van der Waals surface area contributed by atoms with E-state index in [2.05, 4.69) is 0 Å². The van der Waals surface area contributed by atoms with Gasteiger partial charge in [0, 0.05) is 16.7 Å². The van der Waals surface area contributed by atoms with Crippen LogP contribution < -0.4 is 0 Å². The van der Waals surface area contributed by atoms with Crippen LogP contribution in [0.4, 0.5) is 13.2 Å². The zero-order valence-electron chi connectivity index (χ0n) is 6.92. The van der Waals surface area contributed by atoms with Crippen LogP contribution in [0.3, 0.4) is 0 Å². The van der Waals surface area contributed by atoms with Crippen molar-refractivity contribution >= 4 is 19.7 Å². The van der Waals surface area contributed by atoms with E-state index in [0.717, 1.165) is 0 Å². The molecule has 1 N–H and O–H groups in total. The number of alkyl halides is 3. The predicted octanol–water partition coefficient (Wildman–Crippen LogP) is 2.34. The maximum atomic E-state index is 12.1. The molecule has 15 heavy (non-hydrogen) atoms. The summed E-state index contributed by atoms with van der Waals surface area (Å²) < 4.78 is 57.8. The minimum absolute atomic E-state index is 0.449. The van der Waals surface area contributed by atoms with E-state index in [4.69, 9.17) is 15.8 Å². The van der Waals surface area contributed by atoms with Crippen LogP contribution in [0.2, 0.25) is 0 Å². The van der Waals surface area contributed by atoms with Crippen LogP contribution in [0.15, 0.2) is 23.1 Å². The highest BCUT2D eigenvalue weighted by Gasteiger charge is 2.34. The Labute approximate surface area is 87.5 Å². The van der Waals surface area contributed by atoms with Gasteiger partial charge in [-0.1, -0.05) is 0 Å². The van der Waals surface area contributed by atoms with Crippen molar-refractivity contribution in [3.8, 4) is 5.75 Å². The summed E-state index contributed by atoms with van der Waals surface area (Å²) in [4.78, 5) is -0.588. The molecule has 84 valence electrons. The molecule has 1 aromatic carbocycles. The van der Waals surface area contributed by atoms with Crippen LogP contribution in [0.25, 0.3) is 0 Å². The van der Waals surface area contributed by atoms with Crippen molar-refractivity contribution in [3.63, 3.8) is 0 Å². The van der Waals surface area contributed by atoms with E-state index in [1.807, 2.05) is 0 Å². The third-order valence-electron chi connectivity index (χ3n) is 1.56. The van der Waals surface area contributed by atoms with Crippen molar-refractivity contribution in [2.24, 2.45) is 0 Å². The molecule has 0 heterocycles. The van der Waals surface area contributed by atoms with Crippen LogP contribution in [0, 0.1) is 0 Å². The third-order valence-corrected chi connectivity index (χ3v) is 2.91. The largest absolute Gasteiger partial charge is 0.507 e. The SMILES string of the molecule is O=S(=O)(Cl)c1ccc(C(F)(F)F)c(O)c1. The Kier molecular flexibility index (Phi) is 2.88. The Morgan fingerprint density at radius 2 is 1.80 bits per heavy atom. The lowest BCUT2D eigenvalue weighted by Gasteiger charge is -2.08. The molecule has 0 unspecified atom stereocenters. The lowest BCUT2D eigenvalue weighted by atomic mass is 10.2. The second-order valence-electron chi connectivity index (χ2n) is 2.61. The monoisotopic (exact) mass is 260 g/mol. The molecule has 0 saturated carbocycles. The number of benzene rings is 1. The quantitative estimate of drug-likeness (QED) is 0.789. The van der Waals surface area contributed by atoms with Gasteiger partial charge in [0.2, 0.25) is 0 Å². The van der Waals surface area contributed by atoms with E-state index in [1.54, 1.807) is 0 Å². The van der Waals surface area contributed by atoms with Crippen LogP contribution in [-0.4, -0.2) is 13.5 Å². The first-order valence-electron chi connectivity index (χ1n) is 3.47. The Balaban J connectivity index is 3.34. The molecule has 0 aliphatic carbocycles. The number of aromatic hydroxyl groups is 1. The third kappa shape index (κ3) is 2.75. The Bertz CT molecular complexity index is 481. The lowest BCUT2D eigenvalue weighted by molar-refractivity contribution is -0.138. The van der Waals surface area contributed by atoms with E-state index in [1.165, 1.54) is 0 Å². The van der Waals surface area contributed by atoms with E-state index >= 15 is 0 Å². The topological polar surface area (TPSA) is 54.4 Å². The molecular weight excluding hydrogens is 257 g/mol. The van der Waals surface area contributed by atoms with Gasteiger partial charge in [-0.05, 0) is 12.1 Å². The number of phenols is 1. The average Bonchev–Trinajstić information content (AvgIpc) is 1.99. The fraction of sp³-hybridized carbons (Fsp3) is 0.143. The number of hydrogen-bond donors (Lipinski definition) is 1. The molecule has 0 saturated heterocycles. The number of hydrogen-bond acceptors (Lipinski definition) is 3. The van der Waals surface area contributed by atoms with Gasteiger partial charge in [0.15, 0.2) is 0 Å². The fourth-order valence-electron chi connectivity index (χ4n) is 0.903. The van der Waals surface area contributed by atoms with Gasteiger partial charge in [0.25, 0.3) is 9.05 Å². The van der Waals surface area contributed by atoms with Crippen molar-refractivity contribution in [2.75, 3.05) is 0 Å². The highest BCUT2D eigenvalue weighted by molar-refractivity contribution is 8.13. The van der Waals surface area contributed by atoms with E-state index < -0.39 is 31.4 Å². The summed E-state index contributed by atoms with van der Waals surface area (Å²) in [5.74, 6) is -1.18. The van der Waals surface area contributed by atoms with Gasteiger partial charge in [-0.25, -0.2) is 8.42 Å². The van der Waals surface area contributed by atoms with E-state index in [9.17, 15) is 21.6 Å². The van der Waals surface area contributed by atoms with Crippen molar-refractivity contribution in [2.45, 2.75) is 11.1 Å². The Hall–Kier alpha value is -0.950. The summed E-state index contributed by atoms with van der Waals surface area (Å²) in [5.41, 5.74) is -1.31. The van der Waals surface area contributed by atoms with Gasteiger partial charge in [0.1, 0.15) is 5.75 Å². The first-order valence-corrected chi connectivity index (χ1v) is 5.78. The van der Waals surface area contributed by atoms with Gasteiger partial charge in [-0.15, -0.1) is 0 Å². The summed E-state index contributed by atoms with van der Waals surface area (Å²) in [5, 5.41) is 8.95. The number of halogens is 4. The highest BCUT2D eigenvalue weighted by Crippen LogP contribution is 2.36. The van der Waals surface area contributed by atoms with Crippen molar-refractivity contribution < 1.29 is 26.7 Å². The van der Waals surface area contributed by atoms with Crippen molar-refractivity contribution in [1.29, 1.82) is 0 Å². The predicted molar refractivity (Wildman–Crippen MR) is 46.1 cm³/mol. The first kappa shape index (κ1) is 12.1. The molecule has 0 aromatic heterocycles. The maximum Gasteiger partial charge on any atom is 0.419 e. The molecule has 0 aliphatic rings. The van der Waals surface area contributed by atoms with Crippen molar-refractivity contribution in [1.82, 2.24) is 0 Å². The molecule has 8 heteroatoms. The minimum Gasteiger partial charge on any atom is -0.507 e. The average molecular weight is 261 g/mol. The molecule has 0 spiro atoms. The molecule has 0 aliphatic heterocycles. The van der Waals surface area contributed by atoms with Crippen LogP contribution in [-0.2, 0) is 15.2 Å². The molecule has 0 radical (unpaired) electrons. The summed E-state index contributed by atoms with van der Waals surface area (Å²) in [6, 6.07) is 1.57. The number of rotatable bonds is 1. The maximum absolute atomic E-state index is 12.1. The zero-order valence-corrected chi connectivity index (χ0v) is 8.49. The van der Waals surface area contributed by atoms with E-state index in [-0.39, 0.29) is 0 Å². The Morgan fingerprint density at radius 3 is 2.13 bits per heavy atom. The minimum atomic E-state index is -4.74. The summed E-state index contributed by atoms with van der Waals surface area (Å²) in [7, 11) is 0.734. The zero-order chi connectivity index (χ0) is 11.9. The first-order chi connectivity index (χ1) is 6.62. The summed E-state index contributed by atoms with van der Waals surface area (Å²) in [6.45, 7) is 0. The van der Waals surface area contributed by atoms with Gasteiger partial charge in [0.05, 0.1) is 10.5 Å². The molecule has 1 rings (SSSR count). The van der Waals surface area contributed by atoms with Gasteiger partial charge >= 0.3 is 6.18 Å². The van der Waals surface area contributed by atoms with Gasteiger partial charge in [-0.2, -0.15) is 13.2 Å². The normalized spacial score (nSPS) is 12.8. The Morgan fingerprint density at radius 1 is 1.27 bits per heavy atom. The summed E-state index contributed by atoms with van der Waals surface area (Å²) >= 11 is 0. The smallest absolute Gasteiger partial charge is 0.419 e. The van der Waals surface area contributed by atoms with Crippen LogP contribution >= 0.6 is 10.7 Å². The lowest BCUT2D eigenvalue weighted by Crippen LogP contribution is -2.05. The van der Waals surface area contributed by atoms with Crippen molar-refractivity contribution in [3.05, 3.63) is 23.8 Å².